The molecule has 0 fully saturated rings. The highest BCUT2D eigenvalue weighted by Gasteiger charge is 2.21. The molecule has 0 saturated carbocycles. The number of ether oxygens (including phenoxy) is 1. The van der Waals surface area contributed by atoms with E-state index in [0.29, 0.717) is 6.61 Å². The highest BCUT2D eigenvalue weighted by molar-refractivity contribution is 5.76. The zero-order chi connectivity index (χ0) is 14.0. The number of nitrogens with one attached hydrogen (secondary N) is 1. The Morgan fingerprint density at radius 2 is 2.06 bits per heavy atom. The molecule has 1 atom stereocenters. The van der Waals surface area contributed by atoms with Crippen LogP contribution in [0.1, 0.15) is 40.5 Å². The monoisotopic (exact) mass is 253 g/mol. The lowest BCUT2D eigenvalue weighted by Gasteiger charge is -2.19. The summed E-state index contributed by atoms with van der Waals surface area (Å²) < 4.78 is 5.27. The molecule has 1 aliphatic rings. The number of hydrogen-bond acceptors (Lipinski definition) is 3. The largest absolute Gasteiger partial charge is 0.460 e. The van der Waals surface area contributed by atoms with Crippen LogP contribution >= 0.6 is 0 Å². The van der Waals surface area contributed by atoms with Crippen LogP contribution in [0.3, 0.4) is 0 Å². The molecule has 0 spiro atoms. The highest BCUT2D eigenvalue weighted by Crippen LogP contribution is 2.11. The first-order valence-electron chi connectivity index (χ1n) is 6.84. The molecule has 1 unspecified atom stereocenters. The van der Waals surface area contributed by atoms with Gasteiger partial charge < -0.3 is 10.1 Å². The van der Waals surface area contributed by atoms with Crippen molar-refractivity contribution in [3.63, 3.8) is 0 Å². The predicted octanol–water partition coefficient (Wildman–Crippen LogP) is 3.08. The zero-order valence-electron chi connectivity index (χ0n) is 12.3. The van der Waals surface area contributed by atoms with E-state index in [1.165, 1.54) is 0 Å². The number of hydrogen-bond donors (Lipinski definition) is 1. The minimum atomic E-state index is -0.215. The summed E-state index contributed by atoms with van der Waals surface area (Å²) in [5.74, 6) is 0.0748. The molecule has 0 aromatic carbocycles. The van der Waals surface area contributed by atoms with E-state index in [0.717, 1.165) is 18.4 Å². The van der Waals surface area contributed by atoms with Gasteiger partial charge in [0.05, 0.1) is 0 Å². The molecule has 1 N–H and O–H groups in total. The molecule has 18 heavy (non-hydrogen) atoms. The van der Waals surface area contributed by atoms with Gasteiger partial charge in [0.1, 0.15) is 12.6 Å². The summed E-state index contributed by atoms with van der Waals surface area (Å²) in [5.41, 5.74) is 1.10. The lowest BCUT2D eigenvalue weighted by Crippen LogP contribution is -2.40. The topological polar surface area (TPSA) is 38.3 Å². The third-order valence-corrected chi connectivity index (χ3v) is 2.68. The van der Waals surface area contributed by atoms with Crippen molar-refractivity contribution in [3.05, 3.63) is 23.8 Å². The van der Waals surface area contributed by atoms with E-state index in [9.17, 15) is 4.79 Å². The minimum Gasteiger partial charge on any atom is -0.460 e. The number of carbonyl (C=O) groups excluding carboxylic acids is 1. The maximum absolute atomic E-state index is 11.7. The molecule has 3 nitrogen and oxygen atoms in total. The molecule has 0 saturated heterocycles. The fourth-order valence-corrected chi connectivity index (χ4v) is 1.74. The fraction of sp³-hybridized carbons (Fsp3) is 0.667. The third-order valence-electron chi connectivity index (χ3n) is 2.68. The van der Waals surface area contributed by atoms with Crippen LogP contribution in [0.4, 0.5) is 0 Å². The molecule has 0 radical (unpaired) electrons. The molecule has 0 aromatic heterocycles. The smallest absolute Gasteiger partial charge is 0.323 e. The van der Waals surface area contributed by atoms with Crippen molar-refractivity contribution in [3.8, 4) is 0 Å². The normalized spacial score (nSPS) is 15.6. The van der Waals surface area contributed by atoms with Gasteiger partial charge in [-0.3, -0.25) is 4.79 Å². The van der Waals surface area contributed by atoms with E-state index >= 15 is 0 Å². The van der Waals surface area contributed by atoms with Crippen molar-refractivity contribution in [1.82, 2.24) is 5.32 Å². The summed E-state index contributed by atoms with van der Waals surface area (Å²) in [6.45, 7) is 8.39. The van der Waals surface area contributed by atoms with Gasteiger partial charge in [-0.25, -0.2) is 0 Å². The van der Waals surface area contributed by atoms with Gasteiger partial charge in [-0.2, -0.15) is 0 Å². The fourth-order valence-electron chi connectivity index (χ4n) is 1.74. The van der Waals surface area contributed by atoms with E-state index in [2.05, 4.69) is 17.5 Å². The van der Waals surface area contributed by atoms with Crippen LogP contribution in [0, 0.1) is 5.92 Å². The molecule has 0 aliphatic heterocycles. The molecule has 0 aromatic rings. The Bertz CT molecular complexity index is 293. The number of rotatable bonds is 5. The first-order chi connectivity index (χ1) is 8.65. The molecule has 0 heterocycles. The summed E-state index contributed by atoms with van der Waals surface area (Å²) in [7, 11) is 1.78. The number of esters is 1. The maximum atomic E-state index is 11.7. The average molecular weight is 253 g/mol. The molecule has 104 valence electrons. The van der Waals surface area contributed by atoms with E-state index in [1.54, 1.807) is 7.05 Å². The van der Waals surface area contributed by atoms with Crippen LogP contribution in [-0.4, -0.2) is 25.7 Å². The van der Waals surface area contributed by atoms with Crippen molar-refractivity contribution in [2.45, 2.75) is 46.6 Å². The van der Waals surface area contributed by atoms with Crippen LogP contribution in [-0.2, 0) is 9.53 Å². The van der Waals surface area contributed by atoms with Crippen LogP contribution < -0.4 is 5.32 Å². The predicted molar refractivity (Wildman–Crippen MR) is 76.4 cm³/mol. The summed E-state index contributed by atoms with van der Waals surface area (Å²) in [6, 6.07) is -0.215. The Morgan fingerprint density at radius 3 is 2.50 bits per heavy atom. The average Bonchev–Trinajstić information content (AvgIpc) is 2.40. The van der Waals surface area contributed by atoms with Gasteiger partial charge >= 0.3 is 5.97 Å². The third kappa shape index (κ3) is 6.01. The second-order valence-electron chi connectivity index (χ2n) is 4.38. The van der Waals surface area contributed by atoms with Crippen molar-refractivity contribution in [2.24, 2.45) is 5.92 Å². The number of likely N-dealkylation sites (N-methyl/N-ethyl adjacent to an activating group) is 1. The van der Waals surface area contributed by atoms with Crippen LogP contribution in [0.15, 0.2) is 23.8 Å². The van der Waals surface area contributed by atoms with E-state index in [4.69, 9.17) is 4.74 Å². The Morgan fingerprint density at radius 1 is 1.39 bits per heavy atom. The summed E-state index contributed by atoms with van der Waals surface area (Å²) in [5, 5.41) is 2.98. The van der Waals surface area contributed by atoms with Crippen LogP contribution in [0.25, 0.3) is 0 Å². The van der Waals surface area contributed by atoms with E-state index < -0.39 is 0 Å². The van der Waals surface area contributed by atoms with Crippen molar-refractivity contribution in [2.75, 3.05) is 13.7 Å². The second kappa shape index (κ2) is 9.89. The Kier molecular flexibility index (Phi) is 9.29. The van der Waals surface area contributed by atoms with Crippen molar-refractivity contribution in [1.29, 1.82) is 0 Å². The summed E-state index contributed by atoms with van der Waals surface area (Å²) >= 11 is 0. The molecular weight excluding hydrogens is 226 g/mol. The van der Waals surface area contributed by atoms with Gasteiger partial charge in [-0.15, -0.1) is 0 Å². The Balaban J connectivity index is 0.00000137. The Hall–Kier alpha value is -1.09. The maximum Gasteiger partial charge on any atom is 0.323 e. The first kappa shape index (κ1) is 16.9. The van der Waals surface area contributed by atoms with Crippen LogP contribution in [0.2, 0.25) is 0 Å². The highest BCUT2D eigenvalue weighted by atomic mass is 16.5. The van der Waals surface area contributed by atoms with Crippen molar-refractivity contribution >= 4 is 5.97 Å². The van der Waals surface area contributed by atoms with Gasteiger partial charge in [0.2, 0.25) is 0 Å². The molecule has 0 amide bonds. The molecule has 3 heteroatoms. The van der Waals surface area contributed by atoms with Gasteiger partial charge in [0, 0.05) is 0 Å². The molecule has 0 bridgehead atoms. The van der Waals surface area contributed by atoms with Gasteiger partial charge in [-0.05, 0) is 31.4 Å². The first-order valence-corrected chi connectivity index (χ1v) is 6.84. The van der Waals surface area contributed by atoms with E-state index in [1.807, 2.05) is 33.8 Å². The number of allylic oxidation sites excluding steroid dienone is 2. The quantitative estimate of drug-likeness (QED) is 0.765. The van der Waals surface area contributed by atoms with Crippen molar-refractivity contribution < 1.29 is 9.53 Å². The summed E-state index contributed by atoms with van der Waals surface area (Å²) in [6.07, 6.45) is 8.39. The van der Waals surface area contributed by atoms with Gasteiger partial charge in [0.15, 0.2) is 0 Å². The minimum absolute atomic E-state index is 0.169. The standard InChI is InChI=1S/C13H21NO2.C2H6/c1-10(2)12(14-3)13(15)16-9-11-7-5-4-6-8-11;1-2/h5,7-8,10,12,14H,4,6,9H2,1-3H3;1-2H3. The molecular formula is C15H27NO2. The Labute approximate surface area is 111 Å². The second-order valence-corrected chi connectivity index (χ2v) is 4.38. The number of carbonyl (C=O) groups is 1. The van der Waals surface area contributed by atoms with E-state index in [-0.39, 0.29) is 17.9 Å². The zero-order valence-corrected chi connectivity index (χ0v) is 12.3. The van der Waals surface area contributed by atoms with Gasteiger partial charge in [0.25, 0.3) is 0 Å². The molecule has 1 aliphatic carbocycles. The van der Waals surface area contributed by atoms with Crippen LogP contribution in [0.5, 0.6) is 0 Å². The lowest BCUT2D eigenvalue weighted by molar-refractivity contribution is -0.146. The SMILES string of the molecule is CC.CNC(C(=O)OCC1=CCCC=C1)C(C)C. The van der Waals surface area contributed by atoms with Gasteiger partial charge in [-0.1, -0.05) is 45.9 Å². The molecule has 1 rings (SSSR count). The lowest BCUT2D eigenvalue weighted by atomic mass is 10.1. The summed E-state index contributed by atoms with van der Waals surface area (Å²) in [4.78, 5) is 11.7.